The highest BCUT2D eigenvalue weighted by atomic mass is 16.5. The van der Waals surface area contributed by atoms with Crippen molar-refractivity contribution in [2.24, 2.45) is 0 Å². The quantitative estimate of drug-likeness (QED) is 0.695. The normalized spacial score (nSPS) is 10.3. The summed E-state index contributed by atoms with van der Waals surface area (Å²) in [6.07, 6.45) is 0.698. The molecule has 0 bridgehead atoms. The van der Waals surface area contributed by atoms with E-state index in [-0.39, 0.29) is 6.61 Å². The fourth-order valence-electron chi connectivity index (χ4n) is 1.04. The summed E-state index contributed by atoms with van der Waals surface area (Å²) >= 11 is 0. The predicted octanol–water partition coefficient (Wildman–Crippen LogP) is 1.15. The molecule has 0 spiro atoms. The SMILES string of the molecule is CNc1[nH]c(C(C)C)nc1OCC=O. The van der Waals surface area contributed by atoms with Crippen LogP contribution in [-0.2, 0) is 4.79 Å². The van der Waals surface area contributed by atoms with E-state index in [4.69, 9.17) is 4.74 Å². The number of carbonyl (C=O) groups is 1. The summed E-state index contributed by atoms with van der Waals surface area (Å²) < 4.78 is 5.14. The van der Waals surface area contributed by atoms with Crippen LogP contribution < -0.4 is 10.1 Å². The van der Waals surface area contributed by atoms with Gasteiger partial charge in [0.2, 0.25) is 0 Å². The molecule has 0 saturated heterocycles. The Hall–Kier alpha value is -1.52. The Morgan fingerprint density at radius 3 is 2.86 bits per heavy atom. The summed E-state index contributed by atoms with van der Waals surface area (Å²) in [6.45, 7) is 4.08. The number of anilines is 1. The molecule has 1 aromatic rings. The van der Waals surface area contributed by atoms with Gasteiger partial charge in [0.25, 0.3) is 5.88 Å². The van der Waals surface area contributed by atoms with Crippen molar-refractivity contribution in [2.75, 3.05) is 19.0 Å². The molecule has 0 radical (unpaired) electrons. The largest absolute Gasteiger partial charge is 0.467 e. The van der Waals surface area contributed by atoms with E-state index in [0.717, 1.165) is 5.82 Å². The van der Waals surface area contributed by atoms with Gasteiger partial charge >= 0.3 is 0 Å². The van der Waals surface area contributed by atoms with Crippen molar-refractivity contribution in [2.45, 2.75) is 19.8 Å². The third kappa shape index (κ3) is 2.25. The molecule has 5 heteroatoms. The molecule has 2 N–H and O–H groups in total. The van der Waals surface area contributed by atoms with E-state index in [1.165, 1.54) is 0 Å². The van der Waals surface area contributed by atoms with Crippen LogP contribution in [0.1, 0.15) is 25.6 Å². The number of hydrogen-bond acceptors (Lipinski definition) is 4. The van der Waals surface area contributed by atoms with Crippen LogP contribution in [0.5, 0.6) is 5.88 Å². The summed E-state index contributed by atoms with van der Waals surface area (Å²) in [4.78, 5) is 17.4. The Labute approximate surface area is 82.9 Å². The summed E-state index contributed by atoms with van der Waals surface area (Å²) in [5.74, 6) is 2.30. The lowest BCUT2D eigenvalue weighted by Gasteiger charge is -1.99. The van der Waals surface area contributed by atoms with Gasteiger partial charge < -0.3 is 15.0 Å². The Bertz CT molecular complexity index is 307. The predicted molar refractivity (Wildman–Crippen MR) is 53.8 cm³/mol. The fraction of sp³-hybridized carbons (Fsp3) is 0.556. The smallest absolute Gasteiger partial charge is 0.257 e. The minimum Gasteiger partial charge on any atom is -0.467 e. The molecule has 0 atom stereocenters. The van der Waals surface area contributed by atoms with E-state index in [0.29, 0.717) is 23.9 Å². The van der Waals surface area contributed by atoms with Gasteiger partial charge in [-0.25, -0.2) is 0 Å². The monoisotopic (exact) mass is 197 g/mol. The molecule has 0 saturated carbocycles. The van der Waals surface area contributed by atoms with E-state index in [1.807, 2.05) is 13.8 Å². The van der Waals surface area contributed by atoms with Gasteiger partial charge in [0, 0.05) is 13.0 Å². The second-order valence-electron chi connectivity index (χ2n) is 3.18. The van der Waals surface area contributed by atoms with Crippen molar-refractivity contribution in [3.05, 3.63) is 5.82 Å². The number of nitrogens with zero attached hydrogens (tertiary/aromatic N) is 1. The van der Waals surface area contributed by atoms with Crippen LogP contribution in [0.2, 0.25) is 0 Å². The maximum absolute atomic E-state index is 10.1. The zero-order chi connectivity index (χ0) is 10.6. The summed E-state index contributed by atoms with van der Waals surface area (Å²) in [6, 6.07) is 0. The van der Waals surface area contributed by atoms with E-state index in [1.54, 1.807) is 7.05 Å². The van der Waals surface area contributed by atoms with E-state index in [9.17, 15) is 4.79 Å². The van der Waals surface area contributed by atoms with Crippen LogP contribution in [0.3, 0.4) is 0 Å². The molecule has 5 nitrogen and oxygen atoms in total. The second kappa shape index (κ2) is 4.64. The Kier molecular flexibility index (Phi) is 3.50. The number of aldehydes is 1. The van der Waals surface area contributed by atoms with Crippen LogP contribution in [0, 0.1) is 0 Å². The van der Waals surface area contributed by atoms with Crippen molar-refractivity contribution < 1.29 is 9.53 Å². The number of hydrogen-bond donors (Lipinski definition) is 2. The second-order valence-corrected chi connectivity index (χ2v) is 3.18. The Morgan fingerprint density at radius 1 is 1.64 bits per heavy atom. The van der Waals surface area contributed by atoms with Crippen LogP contribution >= 0.6 is 0 Å². The van der Waals surface area contributed by atoms with E-state index in [2.05, 4.69) is 15.3 Å². The highest BCUT2D eigenvalue weighted by molar-refractivity contribution is 5.53. The standard InChI is InChI=1S/C9H15N3O2/c1-6(2)7-11-8(10-3)9(12-7)14-5-4-13/h4,6,10H,5H2,1-3H3,(H,11,12). The Morgan fingerprint density at radius 2 is 2.36 bits per heavy atom. The summed E-state index contributed by atoms with van der Waals surface area (Å²) in [7, 11) is 1.77. The molecule has 14 heavy (non-hydrogen) atoms. The molecule has 1 aromatic heterocycles. The molecule has 0 aromatic carbocycles. The zero-order valence-corrected chi connectivity index (χ0v) is 8.63. The molecule has 0 aliphatic heterocycles. The van der Waals surface area contributed by atoms with Crippen molar-refractivity contribution in [3.63, 3.8) is 0 Å². The third-order valence-electron chi connectivity index (χ3n) is 1.77. The van der Waals surface area contributed by atoms with Gasteiger partial charge in [-0.15, -0.1) is 0 Å². The highest BCUT2D eigenvalue weighted by Gasteiger charge is 2.12. The molecule has 78 valence electrons. The van der Waals surface area contributed by atoms with Crippen LogP contribution in [-0.4, -0.2) is 29.9 Å². The molecule has 0 aliphatic rings. The molecule has 0 aliphatic carbocycles. The number of nitrogens with one attached hydrogen (secondary N) is 2. The molecular formula is C9H15N3O2. The highest BCUT2D eigenvalue weighted by Crippen LogP contribution is 2.23. The Balaban J connectivity index is 2.84. The number of aromatic amines is 1. The van der Waals surface area contributed by atoms with Gasteiger partial charge in [-0.3, -0.25) is 4.79 Å². The number of imidazole rings is 1. The van der Waals surface area contributed by atoms with Gasteiger partial charge in [0.15, 0.2) is 12.1 Å². The maximum atomic E-state index is 10.1. The molecule has 0 unspecified atom stereocenters. The van der Waals surface area contributed by atoms with Gasteiger partial charge in [0.05, 0.1) is 0 Å². The topological polar surface area (TPSA) is 67.0 Å². The summed E-state index contributed by atoms with van der Waals surface area (Å²) in [5, 5.41) is 2.92. The number of ether oxygens (including phenoxy) is 1. The maximum Gasteiger partial charge on any atom is 0.257 e. The lowest BCUT2D eigenvalue weighted by atomic mass is 10.2. The van der Waals surface area contributed by atoms with Crippen LogP contribution in [0.25, 0.3) is 0 Å². The average Bonchev–Trinajstić information content (AvgIpc) is 2.57. The number of H-pyrrole nitrogens is 1. The van der Waals surface area contributed by atoms with Crippen LogP contribution in [0.4, 0.5) is 5.82 Å². The molecule has 0 amide bonds. The molecule has 1 rings (SSSR count). The van der Waals surface area contributed by atoms with Gasteiger partial charge in [-0.05, 0) is 0 Å². The number of carbonyl (C=O) groups excluding carboxylic acids is 1. The molecular weight excluding hydrogens is 182 g/mol. The first kappa shape index (κ1) is 10.6. The lowest BCUT2D eigenvalue weighted by molar-refractivity contribution is -0.109. The van der Waals surface area contributed by atoms with E-state index >= 15 is 0 Å². The van der Waals surface area contributed by atoms with Gasteiger partial charge in [-0.2, -0.15) is 4.98 Å². The van der Waals surface area contributed by atoms with Gasteiger partial charge in [-0.1, -0.05) is 13.8 Å². The third-order valence-corrected chi connectivity index (χ3v) is 1.77. The first-order chi connectivity index (χ1) is 6.69. The first-order valence-corrected chi connectivity index (χ1v) is 4.53. The first-order valence-electron chi connectivity index (χ1n) is 4.53. The van der Waals surface area contributed by atoms with Crippen molar-refractivity contribution in [1.82, 2.24) is 9.97 Å². The molecule has 1 heterocycles. The minimum atomic E-state index is 0.0249. The lowest BCUT2D eigenvalue weighted by Crippen LogP contribution is -2.00. The summed E-state index contributed by atoms with van der Waals surface area (Å²) in [5.41, 5.74) is 0. The van der Waals surface area contributed by atoms with Crippen molar-refractivity contribution in [3.8, 4) is 5.88 Å². The zero-order valence-electron chi connectivity index (χ0n) is 8.63. The average molecular weight is 197 g/mol. The van der Waals surface area contributed by atoms with Crippen molar-refractivity contribution in [1.29, 1.82) is 0 Å². The van der Waals surface area contributed by atoms with Crippen molar-refractivity contribution >= 4 is 12.1 Å². The van der Waals surface area contributed by atoms with Crippen LogP contribution in [0.15, 0.2) is 0 Å². The molecule has 0 fully saturated rings. The minimum absolute atomic E-state index is 0.0249. The van der Waals surface area contributed by atoms with E-state index < -0.39 is 0 Å². The van der Waals surface area contributed by atoms with Gasteiger partial charge in [0.1, 0.15) is 12.4 Å². The number of aromatic nitrogens is 2. The number of rotatable bonds is 5. The fourth-order valence-corrected chi connectivity index (χ4v) is 1.04.